The molecule has 0 radical (unpaired) electrons. The molecule has 190 valence electrons. The van der Waals surface area contributed by atoms with Gasteiger partial charge in [-0.05, 0) is 80.3 Å². The molecule has 5 aliphatic rings. The Kier molecular flexibility index (Phi) is 5.09. The predicted octanol–water partition coefficient (Wildman–Crippen LogP) is 3.79. The van der Waals surface area contributed by atoms with Gasteiger partial charge in [0.2, 0.25) is 5.91 Å². The SMILES string of the molecule is CN(C(=O)Cc1cccc(Br)c1)[C@@H]1CC[C@@]2(O)[C@H]3Cc4ccc(O)c5c4[C@@]2(CCN3CC2CC2)[C@H]1O5. The van der Waals surface area contributed by atoms with Crippen LogP contribution in [0.4, 0.5) is 0 Å². The van der Waals surface area contributed by atoms with E-state index in [9.17, 15) is 15.0 Å². The summed E-state index contributed by atoms with van der Waals surface area (Å²) in [6.07, 6.45) is 5.41. The van der Waals surface area contributed by atoms with E-state index in [1.165, 1.54) is 18.4 Å². The molecule has 0 unspecified atom stereocenters. The Bertz CT molecular complexity index is 1250. The summed E-state index contributed by atoms with van der Waals surface area (Å²) < 4.78 is 7.59. The predicted molar refractivity (Wildman–Crippen MR) is 139 cm³/mol. The molecule has 1 spiro atoms. The topological polar surface area (TPSA) is 73.2 Å². The van der Waals surface area contributed by atoms with E-state index in [-0.39, 0.29) is 29.8 Å². The maximum atomic E-state index is 13.5. The zero-order chi connectivity index (χ0) is 24.8. The standard InChI is InChI=1S/C29H33BrN2O4/c1-31(24(34)14-18-3-2-4-20(30)13-18)21-9-10-29(35)23-15-19-7-8-22(33)26-25(19)28(29,27(21)36-26)11-12-32(23)16-17-5-6-17/h2-4,7-8,13,17,21,23,27,33,35H,5-6,9-12,14-16H2,1H3/t21-,23-,27+,28+,29-/m1/s1. The largest absolute Gasteiger partial charge is 0.504 e. The van der Waals surface area contributed by atoms with Crippen molar-refractivity contribution in [3.63, 3.8) is 0 Å². The van der Waals surface area contributed by atoms with Gasteiger partial charge in [0, 0.05) is 29.7 Å². The lowest BCUT2D eigenvalue weighted by molar-refractivity contribution is -0.200. The molecule has 2 aromatic rings. The number of carbonyl (C=O) groups excluding carboxylic acids is 1. The number of rotatable bonds is 5. The van der Waals surface area contributed by atoms with Crippen LogP contribution in [-0.4, -0.2) is 69.8 Å². The molecule has 1 amide bonds. The lowest BCUT2D eigenvalue weighted by Gasteiger charge is -2.64. The molecule has 2 heterocycles. The van der Waals surface area contributed by atoms with Gasteiger partial charge in [0.15, 0.2) is 11.5 Å². The van der Waals surface area contributed by atoms with Crippen molar-refractivity contribution in [1.29, 1.82) is 0 Å². The van der Waals surface area contributed by atoms with E-state index < -0.39 is 11.0 Å². The number of phenols is 1. The second kappa shape index (κ2) is 7.95. The average Bonchev–Trinajstić information content (AvgIpc) is 3.59. The van der Waals surface area contributed by atoms with Crippen LogP contribution in [0, 0.1) is 5.92 Å². The Morgan fingerprint density at radius 1 is 1.22 bits per heavy atom. The van der Waals surface area contributed by atoms with Crippen molar-refractivity contribution in [2.75, 3.05) is 20.1 Å². The normalized spacial score (nSPS) is 34.1. The van der Waals surface area contributed by atoms with Crippen molar-refractivity contribution in [3.05, 3.63) is 57.6 Å². The molecular weight excluding hydrogens is 520 g/mol. The highest BCUT2D eigenvalue weighted by molar-refractivity contribution is 9.10. The van der Waals surface area contributed by atoms with Gasteiger partial charge in [-0.2, -0.15) is 0 Å². The van der Waals surface area contributed by atoms with Crippen LogP contribution in [0.25, 0.3) is 0 Å². The fraction of sp³-hybridized carbons (Fsp3) is 0.552. The number of aliphatic hydroxyl groups is 1. The third-order valence-electron chi connectivity index (χ3n) is 9.87. The van der Waals surface area contributed by atoms with Gasteiger partial charge in [0.1, 0.15) is 6.10 Å². The first kappa shape index (κ1) is 23.1. The van der Waals surface area contributed by atoms with Crippen molar-refractivity contribution < 1.29 is 19.7 Å². The van der Waals surface area contributed by atoms with Gasteiger partial charge < -0.3 is 19.8 Å². The van der Waals surface area contributed by atoms with E-state index in [2.05, 4.69) is 20.8 Å². The van der Waals surface area contributed by atoms with E-state index in [4.69, 9.17) is 4.74 Å². The van der Waals surface area contributed by atoms with Gasteiger partial charge in [-0.3, -0.25) is 9.69 Å². The van der Waals surface area contributed by atoms with Crippen molar-refractivity contribution in [2.45, 2.75) is 74.1 Å². The molecule has 6 nitrogen and oxygen atoms in total. The number of benzene rings is 2. The van der Waals surface area contributed by atoms with Crippen molar-refractivity contribution in [1.82, 2.24) is 9.80 Å². The second-order valence-corrected chi connectivity index (χ2v) is 12.6. The smallest absolute Gasteiger partial charge is 0.227 e. The van der Waals surface area contributed by atoms with E-state index in [0.29, 0.717) is 25.0 Å². The number of aromatic hydroxyl groups is 1. The number of ether oxygens (including phenoxy) is 1. The molecule has 2 saturated carbocycles. The maximum absolute atomic E-state index is 13.5. The quantitative estimate of drug-likeness (QED) is 0.590. The summed E-state index contributed by atoms with van der Waals surface area (Å²) >= 11 is 3.50. The summed E-state index contributed by atoms with van der Waals surface area (Å²) in [6, 6.07) is 11.5. The highest BCUT2D eigenvalue weighted by atomic mass is 79.9. The number of halogens is 1. The molecule has 0 aromatic heterocycles. The zero-order valence-corrected chi connectivity index (χ0v) is 22.2. The van der Waals surface area contributed by atoms with Crippen LogP contribution in [0.15, 0.2) is 40.9 Å². The summed E-state index contributed by atoms with van der Waals surface area (Å²) in [5.41, 5.74) is 1.63. The minimum Gasteiger partial charge on any atom is -0.504 e. The molecule has 2 aliphatic heterocycles. The number of hydrogen-bond donors (Lipinski definition) is 2. The second-order valence-electron chi connectivity index (χ2n) is 11.7. The van der Waals surface area contributed by atoms with Crippen LogP contribution in [0.1, 0.15) is 48.8 Å². The Balaban J connectivity index is 1.26. The number of phenolic OH excluding ortho intramolecular Hbond substituents is 1. The molecular formula is C29H33BrN2O4. The molecule has 3 fully saturated rings. The molecule has 36 heavy (non-hydrogen) atoms. The Hall–Kier alpha value is -2.09. The van der Waals surface area contributed by atoms with Gasteiger partial charge in [0.05, 0.1) is 23.5 Å². The van der Waals surface area contributed by atoms with Crippen molar-refractivity contribution >= 4 is 21.8 Å². The number of piperidine rings is 1. The highest BCUT2D eigenvalue weighted by Gasteiger charge is 2.73. The highest BCUT2D eigenvalue weighted by Crippen LogP contribution is 2.66. The van der Waals surface area contributed by atoms with E-state index in [1.54, 1.807) is 6.07 Å². The molecule has 3 aliphatic carbocycles. The Labute approximate surface area is 220 Å². The fourth-order valence-electron chi connectivity index (χ4n) is 7.98. The molecule has 2 aromatic carbocycles. The maximum Gasteiger partial charge on any atom is 0.227 e. The molecule has 1 saturated heterocycles. The zero-order valence-electron chi connectivity index (χ0n) is 20.6. The number of amides is 1. The van der Waals surface area contributed by atoms with Crippen LogP contribution in [0.3, 0.4) is 0 Å². The summed E-state index contributed by atoms with van der Waals surface area (Å²) in [7, 11) is 1.88. The van der Waals surface area contributed by atoms with Gasteiger partial charge in [-0.25, -0.2) is 0 Å². The number of carbonyl (C=O) groups is 1. The lowest BCUT2D eigenvalue weighted by atomic mass is 9.48. The summed E-state index contributed by atoms with van der Waals surface area (Å²) in [4.78, 5) is 17.9. The van der Waals surface area contributed by atoms with Crippen LogP contribution >= 0.6 is 15.9 Å². The van der Waals surface area contributed by atoms with E-state index >= 15 is 0 Å². The van der Waals surface area contributed by atoms with Gasteiger partial charge in [0.25, 0.3) is 0 Å². The fourth-order valence-corrected chi connectivity index (χ4v) is 8.43. The molecule has 7 heteroatoms. The molecule has 2 bridgehead atoms. The Morgan fingerprint density at radius 3 is 2.83 bits per heavy atom. The number of likely N-dealkylation sites (tertiary alicyclic amines) is 1. The first-order chi connectivity index (χ1) is 17.3. The molecule has 7 rings (SSSR count). The first-order valence-corrected chi connectivity index (χ1v) is 14.1. The third kappa shape index (κ3) is 3.12. The van der Waals surface area contributed by atoms with Gasteiger partial charge in [-0.1, -0.05) is 34.1 Å². The van der Waals surface area contributed by atoms with Gasteiger partial charge >= 0.3 is 0 Å². The van der Waals surface area contributed by atoms with Crippen LogP contribution in [0.5, 0.6) is 11.5 Å². The third-order valence-corrected chi connectivity index (χ3v) is 10.4. The number of nitrogens with zero attached hydrogens (tertiary/aromatic N) is 2. The van der Waals surface area contributed by atoms with Crippen LogP contribution in [0.2, 0.25) is 0 Å². The average molecular weight is 553 g/mol. The molecule has 2 N–H and O–H groups in total. The minimum absolute atomic E-state index is 0.0440. The summed E-state index contributed by atoms with van der Waals surface area (Å²) in [5, 5.41) is 23.4. The lowest BCUT2D eigenvalue weighted by Crippen LogP contribution is -2.78. The van der Waals surface area contributed by atoms with Gasteiger partial charge in [-0.15, -0.1) is 0 Å². The van der Waals surface area contributed by atoms with E-state index in [0.717, 1.165) is 47.4 Å². The van der Waals surface area contributed by atoms with Crippen molar-refractivity contribution in [3.8, 4) is 11.5 Å². The van der Waals surface area contributed by atoms with Crippen LogP contribution < -0.4 is 4.74 Å². The van der Waals surface area contributed by atoms with E-state index in [1.807, 2.05) is 42.3 Å². The first-order valence-electron chi connectivity index (χ1n) is 13.3. The molecule has 5 atom stereocenters. The van der Waals surface area contributed by atoms with Crippen LogP contribution in [-0.2, 0) is 23.1 Å². The monoisotopic (exact) mass is 552 g/mol. The summed E-state index contributed by atoms with van der Waals surface area (Å²) in [6.45, 7) is 1.98. The van der Waals surface area contributed by atoms with Crippen molar-refractivity contribution in [2.24, 2.45) is 5.92 Å². The summed E-state index contributed by atoms with van der Waals surface area (Å²) in [5.74, 6) is 1.47. The number of hydrogen-bond acceptors (Lipinski definition) is 5. The number of likely N-dealkylation sites (N-methyl/N-ethyl adjacent to an activating group) is 1. The Morgan fingerprint density at radius 2 is 2.06 bits per heavy atom. The minimum atomic E-state index is -0.929.